The summed E-state index contributed by atoms with van der Waals surface area (Å²) in [5, 5.41) is 3.04. The molecule has 0 unspecified atom stereocenters. The fourth-order valence-electron chi connectivity index (χ4n) is 4.25. The van der Waals surface area contributed by atoms with Gasteiger partial charge in [0.15, 0.2) is 0 Å². The quantitative estimate of drug-likeness (QED) is 0.772. The van der Waals surface area contributed by atoms with Crippen LogP contribution in [0.2, 0.25) is 0 Å². The number of carbonyl (C=O) groups excluding carboxylic acids is 2. The van der Waals surface area contributed by atoms with Crippen molar-refractivity contribution in [1.29, 1.82) is 0 Å². The van der Waals surface area contributed by atoms with Gasteiger partial charge < -0.3 is 15.0 Å². The van der Waals surface area contributed by atoms with Gasteiger partial charge in [0.05, 0.1) is 30.8 Å². The highest BCUT2D eigenvalue weighted by Crippen LogP contribution is 2.33. The maximum Gasteiger partial charge on any atom is 0.255 e. The zero-order chi connectivity index (χ0) is 22.0. The standard InChI is InChI=1S/C24H30N4O3/c1-15-12-17(7-10-21(15)31-3)13-22(29)28-11-5-4-6-20(28)23-19(14-25-16(2)26-23)24(30)27-18-8-9-18/h7,10,12,14,18,20H,4-6,8-9,11,13H2,1-3H3,(H,27,30)/t20-/m1/s1. The van der Waals surface area contributed by atoms with E-state index in [1.54, 1.807) is 13.3 Å². The second-order valence-electron chi connectivity index (χ2n) is 8.54. The number of rotatable bonds is 6. The number of nitrogens with one attached hydrogen (secondary N) is 1. The lowest BCUT2D eigenvalue weighted by Gasteiger charge is -2.36. The van der Waals surface area contributed by atoms with Crippen LogP contribution in [0.25, 0.3) is 0 Å². The molecule has 1 aliphatic heterocycles. The Balaban J connectivity index is 1.58. The lowest BCUT2D eigenvalue weighted by atomic mass is 9.95. The summed E-state index contributed by atoms with van der Waals surface area (Å²) >= 11 is 0. The van der Waals surface area contributed by atoms with Gasteiger partial charge >= 0.3 is 0 Å². The van der Waals surface area contributed by atoms with E-state index in [4.69, 9.17) is 4.74 Å². The van der Waals surface area contributed by atoms with Crippen molar-refractivity contribution in [3.63, 3.8) is 0 Å². The van der Waals surface area contributed by atoms with E-state index in [2.05, 4.69) is 15.3 Å². The largest absolute Gasteiger partial charge is 0.496 e. The average Bonchev–Trinajstić information content (AvgIpc) is 3.57. The highest BCUT2D eigenvalue weighted by atomic mass is 16.5. The monoisotopic (exact) mass is 422 g/mol. The smallest absolute Gasteiger partial charge is 0.255 e. The molecule has 1 aromatic carbocycles. The second-order valence-corrected chi connectivity index (χ2v) is 8.54. The van der Waals surface area contributed by atoms with E-state index in [9.17, 15) is 9.59 Å². The summed E-state index contributed by atoms with van der Waals surface area (Å²) in [6.07, 6.45) is 6.72. The summed E-state index contributed by atoms with van der Waals surface area (Å²) < 4.78 is 5.33. The number of benzene rings is 1. The topological polar surface area (TPSA) is 84.4 Å². The number of amides is 2. The van der Waals surface area contributed by atoms with E-state index in [0.29, 0.717) is 30.0 Å². The van der Waals surface area contributed by atoms with Crippen molar-refractivity contribution in [2.75, 3.05) is 13.7 Å². The Kier molecular flexibility index (Phi) is 6.20. The third-order valence-corrected chi connectivity index (χ3v) is 6.05. The lowest BCUT2D eigenvalue weighted by Crippen LogP contribution is -2.41. The number of hydrogen-bond donors (Lipinski definition) is 1. The van der Waals surface area contributed by atoms with Crippen molar-refractivity contribution in [1.82, 2.24) is 20.2 Å². The summed E-state index contributed by atoms with van der Waals surface area (Å²) in [7, 11) is 1.64. The Morgan fingerprint density at radius 1 is 1.19 bits per heavy atom. The maximum absolute atomic E-state index is 13.3. The van der Waals surface area contributed by atoms with Gasteiger partial charge in [-0.3, -0.25) is 9.59 Å². The molecule has 1 saturated carbocycles. The van der Waals surface area contributed by atoms with Crippen LogP contribution in [-0.2, 0) is 11.2 Å². The number of carbonyl (C=O) groups is 2. The maximum atomic E-state index is 13.3. The van der Waals surface area contributed by atoms with Crippen LogP contribution in [0.5, 0.6) is 5.75 Å². The number of aryl methyl sites for hydroxylation is 2. The molecule has 0 radical (unpaired) electrons. The molecule has 7 heteroatoms. The van der Waals surface area contributed by atoms with E-state index in [1.807, 2.05) is 36.9 Å². The van der Waals surface area contributed by atoms with E-state index >= 15 is 0 Å². The van der Waals surface area contributed by atoms with Crippen molar-refractivity contribution in [2.45, 2.75) is 64.5 Å². The molecule has 0 bridgehead atoms. The average molecular weight is 423 g/mol. The van der Waals surface area contributed by atoms with Crippen LogP contribution in [-0.4, -0.2) is 46.4 Å². The van der Waals surface area contributed by atoms with Gasteiger partial charge in [-0.05, 0) is 63.1 Å². The lowest BCUT2D eigenvalue weighted by molar-refractivity contribution is -0.134. The van der Waals surface area contributed by atoms with E-state index in [-0.39, 0.29) is 23.9 Å². The van der Waals surface area contributed by atoms with Crippen LogP contribution in [0, 0.1) is 13.8 Å². The number of methoxy groups -OCH3 is 1. The Morgan fingerprint density at radius 2 is 2.00 bits per heavy atom. The van der Waals surface area contributed by atoms with Gasteiger partial charge in [0.25, 0.3) is 5.91 Å². The first kappa shape index (κ1) is 21.3. The van der Waals surface area contributed by atoms with Crippen LogP contribution in [0.1, 0.15) is 71.1 Å². The minimum Gasteiger partial charge on any atom is -0.496 e. The van der Waals surface area contributed by atoms with Gasteiger partial charge in [-0.15, -0.1) is 0 Å². The summed E-state index contributed by atoms with van der Waals surface area (Å²) in [6, 6.07) is 5.89. The Morgan fingerprint density at radius 3 is 2.71 bits per heavy atom. The summed E-state index contributed by atoms with van der Waals surface area (Å²) in [5.41, 5.74) is 3.12. The molecule has 2 heterocycles. The van der Waals surface area contributed by atoms with Gasteiger partial charge in [-0.1, -0.05) is 12.1 Å². The van der Waals surface area contributed by atoms with Crippen molar-refractivity contribution in [2.24, 2.45) is 0 Å². The van der Waals surface area contributed by atoms with Crippen molar-refractivity contribution < 1.29 is 14.3 Å². The molecule has 1 N–H and O–H groups in total. The van der Waals surface area contributed by atoms with Crippen LogP contribution >= 0.6 is 0 Å². The van der Waals surface area contributed by atoms with Crippen molar-refractivity contribution >= 4 is 11.8 Å². The molecular formula is C24H30N4O3. The fourth-order valence-corrected chi connectivity index (χ4v) is 4.25. The Labute approximate surface area is 183 Å². The molecule has 31 heavy (non-hydrogen) atoms. The minimum atomic E-state index is -0.206. The zero-order valence-electron chi connectivity index (χ0n) is 18.5. The molecule has 2 fully saturated rings. The molecule has 1 aliphatic carbocycles. The van der Waals surface area contributed by atoms with Gasteiger partial charge in [0, 0.05) is 18.8 Å². The van der Waals surface area contributed by atoms with E-state index < -0.39 is 0 Å². The molecule has 164 valence electrons. The third-order valence-electron chi connectivity index (χ3n) is 6.05. The van der Waals surface area contributed by atoms with Crippen LogP contribution < -0.4 is 10.1 Å². The number of ether oxygens (including phenoxy) is 1. The normalized spacial score (nSPS) is 18.5. The summed E-state index contributed by atoms with van der Waals surface area (Å²) in [5.74, 6) is 1.34. The first-order valence-electron chi connectivity index (χ1n) is 11.0. The summed E-state index contributed by atoms with van der Waals surface area (Å²) in [6.45, 7) is 4.47. The van der Waals surface area contributed by atoms with E-state index in [0.717, 1.165) is 49.0 Å². The third kappa shape index (κ3) is 4.86. The molecule has 1 atom stereocenters. The van der Waals surface area contributed by atoms with Crippen molar-refractivity contribution in [3.8, 4) is 5.75 Å². The molecular weight excluding hydrogens is 392 g/mol. The molecule has 2 amide bonds. The van der Waals surface area contributed by atoms with Gasteiger partial charge in [0.1, 0.15) is 11.6 Å². The highest BCUT2D eigenvalue weighted by Gasteiger charge is 2.33. The fraction of sp³-hybridized carbons (Fsp3) is 0.500. The van der Waals surface area contributed by atoms with Gasteiger partial charge in [0.2, 0.25) is 5.91 Å². The SMILES string of the molecule is COc1ccc(CC(=O)N2CCCC[C@@H]2c2nc(C)ncc2C(=O)NC2CC2)cc1C. The first-order valence-corrected chi connectivity index (χ1v) is 11.0. The summed E-state index contributed by atoms with van der Waals surface area (Å²) in [4.78, 5) is 37.0. The number of piperidine rings is 1. The predicted octanol–water partition coefficient (Wildman–Crippen LogP) is 3.29. The second kappa shape index (κ2) is 9.04. The number of aromatic nitrogens is 2. The van der Waals surface area contributed by atoms with Gasteiger partial charge in [-0.25, -0.2) is 9.97 Å². The molecule has 1 saturated heterocycles. The molecule has 2 aromatic rings. The Bertz CT molecular complexity index is 987. The Hall–Kier alpha value is -2.96. The molecule has 7 nitrogen and oxygen atoms in total. The molecule has 4 rings (SSSR count). The molecule has 2 aliphatic rings. The molecule has 1 aromatic heterocycles. The minimum absolute atomic E-state index is 0.0547. The van der Waals surface area contributed by atoms with E-state index in [1.165, 1.54) is 0 Å². The number of nitrogens with zero attached hydrogens (tertiary/aromatic N) is 3. The highest BCUT2D eigenvalue weighted by molar-refractivity contribution is 5.95. The van der Waals surface area contributed by atoms with Crippen LogP contribution in [0.4, 0.5) is 0 Å². The number of hydrogen-bond acceptors (Lipinski definition) is 5. The van der Waals surface area contributed by atoms with Crippen LogP contribution in [0.3, 0.4) is 0 Å². The zero-order valence-corrected chi connectivity index (χ0v) is 18.5. The first-order chi connectivity index (χ1) is 15.0. The van der Waals surface area contributed by atoms with Crippen LogP contribution in [0.15, 0.2) is 24.4 Å². The number of likely N-dealkylation sites (tertiary alicyclic amines) is 1. The predicted molar refractivity (Wildman–Crippen MR) is 117 cm³/mol. The molecule has 0 spiro atoms. The van der Waals surface area contributed by atoms with Crippen molar-refractivity contribution in [3.05, 3.63) is 52.6 Å². The van der Waals surface area contributed by atoms with Gasteiger partial charge in [-0.2, -0.15) is 0 Å².